The largest absolute Gasteiger partial charge is 0.489 e. The second-order valence-electron chi connectivity index (χ2n) is 6.65. The lowest BCUT2D eigenvalue weighted by atomic mass is 10.1. The molecule has 6 heteroatoms. The molecule has 142 valence electrons. The molecule has 1 saturated carbocycles. The highest BCUT2D eigenvalue weighted by atomic mass is 16.5. The van der Waals surface area contributed by atoms with Gasteiger partial charge in [-0.15, -0.1) is 0 Å². The lowest BCUT2D eigenvalue weighted by molar-refractivity contribution is -0.141. The number of carbonyl (C=O) groups is 2. The highest BCUT2D eigenvalue weighted by Crippen LogP contribution is 2.25. The number of amides is 1. The van der Waals surface area contributed by atoms with Crippen LogP contribution in [0.5, 0.6) is 11.5 Å². The monoisotopic (exact) mass is 369 g/mol. The number of rotatable bonds is 8. The summed E-state index contributed by atoms with van der Waals surface area (Å²) < 4.78 is 11.2. The van der Waals surface area contributed by atoms with E-state index in [0.29, 0.717) is 31.6 Å². The summed E-state index contributed by atoms with van der Waals surface area (Å²) in [4.78, 5) is 22.9. The Balaban J connectivity index is 1.39. The molecule has 0 aromatic heterocycles. The molecule has 0 heterocycles. The molecule has 27 heavy (non-hydrogen) atoms. The first-order valence-electron chi connectivity index (χ1n) is 9.02. The van der Waals surface area contributed by atoms with E-state index in [0.717, 1.165) is 11.3 Å². The lowest BCUT2D eigenvalue weighted by Gasteiger charge is -2.13. The van der Waals surface area contributed by atoms with E-state index >= 15 is 0 Å². The molecule has 3 rings (SSSR count). The molecule has 0 aliphatic heterocycles. The summed E-state index contributed by atoms with van der Waals surface area (Å²) in [5, 5.41) is 11.8. The molecule has 1 aliphatic rings. The van der Waals surface area contributed by atoms with Crippen LogP contribution in [0.4, 0.5) is 0 Å². The minimum Gasteiger partial charge on any atom is -0.489 e. The Hall–Kier alpha value is -3.02. The smallest absolute Gasteiger partial charge is 0.306 e. The zero-order valence-electron chi connectivity index (χ0n) is 15.0. The second-order valence-corrected chi connectivity index (χ2v) is 6.65. The molecule has 1 amide bonds. The molecule has 0 radical (unpaired) electrons. The number of aliphatic carboxylic acids is 1. The van der Waals surface area contributed by atoms with Gasteiger partial charge in [0, 0.05) is 6.04 Å². The van der Waals surface area contributed by atoms with E-state index in [1.165, 1.54) is 0 Å². The fraction of sp³-hybridized carbons (Fsp3) is 0.333. The van der Waals surface area contributed by atoms with E-state index in [1.807, 2.05) is 30.3 Å². The van der Waals surface area contributed by atoms with Crippen LogP contribution in [0.1, 0.15) is 24.8 Å². The Morgan fingerprint density at radius 3 is 2.26 bits per heavy atom. The van der Waals surface area contributed by atoms with Gasteiger partial charge in [0.25, 0.3) is 5.91 Å². The van der Waals surface area contributed by atoms with Crippen LogP contribution in [0, 0.1) is 5.92 Å². The highest BCUT2D eigenvalue weighted by molar-refractivity contribution is 5.78. The van der Waals surface area contributed by atoms with E-state index < -0.39 is 5.97 Å². The third-order valence-electron chi connectivity index (χ3n) is 4.59. The fourth-order valence-corrected chi connectivity index (χ4v) is 3.13. The maximum Gasteiger partial charge on any atom is 0.306 e. The SMILES string of the molecule is O=C(COc1ccc(OCc2ccccc2)cc1)N[C@@H]1CC[C@H](C(=O)O)C1. The normalized spacial score (nSPS) is 18.7. The van der Waals surface area contributed by atoms with Crippen molar-refractivity contribution in [1.29, 1.82) is 0 Å². The van der Waals surface area contributed by atoms with E-state index in [2.05, 4.69) is 5.32 Å². The van der Waals surface area contributed by atoms with Crippen LogP contribution in [0.25, 0.3) is 0 Å². The molecule has 2 atom stereocenters. The van der Waals surface area contributed by atoms with Crippen molar-refractivity contribution < 1.29 is 24.2 Å². The Labute approximate surface area is 158 Å². The Morgan fingerprint density at radius 1 is 0.963 bits per heavy atom. The van der Waals surface area contributed by atoms with Crippen molar-refractivity contribution in [3.63, 3.8) is 0 Å². The molecular weight excluding hydrogens is 346 g/mol. The van der Waals surface area contributed by atoms with Crippen LogP contribution in [0.15, 0.2) is 54.6 Å². The summed E-state index contributed by atoms with van der Waals surface area (Å²) in [6.45, 7) is 0.390. The molecular formula is C21H23NO5. The van der Waals surface area contributed by atoms with Crippen molar-refractivity contribution in [3.8, 4) is 11.5 Å². The van der Waals surface area contributed by atoms with Gasteiger partial charge in [-0.3, -0.25) is 9.59 Å². The first-order valence-corrected chi connectivity index (χ1v) is 9.02. The molecule has 0 unspecified atom stereocenters. The van der Waals surface area contributed by atoms with Crippen LogP contribution in [0.3, 0.4) is 0 Å². The third kappa shape index (κ3) is 5.74. The molecule has 2 N–H and O–H groups in total. The molecule has 6 nitrogen and oxygen atoms in total. The predicted molar refractivity (Wildman–Crippen MR) is 99.6 cm³/mol. The summed E-state index contributed by atoms with van der Waals surface area (Å²) in [5.74, 6) is -0.0963. The minimum atomic E-state index is -0.794. The van der Waals surface area contributed by atoms with Gasteiger partial charge in [0.2, 0.25) is 0 Å². The van der Waals surface area contributed by atoms with Gasteiger partial charge in [-0.2, -0.15) is 0 Å². The van der Waals surface area contributed by atoms with Gasteiger partial charge in [-0.25, -0.2) is 0 Å². The van der Waals surface area contributed by atoms with Crippen molar-refractivity contribution in [1.82, 2.24) is 5.32 Å². The van der Waals surface area contributed by atoms with E-state index in [4.69, 9.17) is 14.6 Å². The highest BCUT2D eigenvalue weighted by Gasteiger charge is 2.30. The van der Waals surface area contributed by atoms with E-state index in [-0.39, 0.29) is 24.5 Å². The zero-order chi connectivity index (χ0) is 19.1. The number of nitrogens with one attached hydrogen (secondary N) is 1. The number of ether oxygens (including phenoxy) is 2. The van der Waals surface area contributed by atoms with Gasteiger partial charge >= 0.3 is 5.97 Å². The zero-order valence-corrected chi connectivity index (χ0v) is 15.0. The summed E-state index contributed by atoms with van der Waals surface area (Å²) in [6.07, 6.45) is 1.77. The average molecular weight is 369 g/mol. The predicted octanol–water partition coefficient (Wildman–Crippen LogP) is 3.01. The molecule has 0 bridgehead atoms. The van der Waals surface area contributed by atoms with Crippen molar-refractivity contribution in [2.24, 2.45) is 5.92 Å². The molecule has 0 saturated heterocycles. The molecule has 1 fully saturated rings. The number of carboxylic acids is 1. The van der Waals surface area contributed by atoms with E-state index in [1.54, 1.807) is 24.3 Å². The van der Waals surface area contributed by atoms with Crippen LogP contribution in [-0.2, 0) is 16.2 Å². The molecule has 2 aromatic rings. The third-order valence-corrected chi connectivity index (χ3v) is 4.59. The summed E-state index contributed by atoms with van der Waals surface area (Å²) in [7, 11) is 0. The molecule has 2 aromatic carbocycles. The van der Waals surface area contributed by atoms with Gasteiger partial charge < -0.3 is 19.9 Å². The standard InChI is InChI=1S/C21H23NO5/c23-20(22-17-7-6-16(12-17)21(24)25)14-27-19-10-8-18(9-11-19)26-13-15-4-2-1-3-5-15/h1-5,8-11,16-17H,6-7,12-14H2,(H,22,23)(H,24,25)/t16-,17+/m0/s1. The lowest BCUT2D eigenvalue weighted by Crippen LogP contribution is -2.36. The topological polar surface area (TPSA) is 84.9 Å². The number of carbonyl (C=O) groups excluding carboxylic acids is 1. The average Bonchev–Trinajstić information content (AvgIpc) is 3.15. The van der Waals surface area contributed by atoms with Crippen molar-refractivity contribution >= 4 is 11.9 Å². The summed E-state index contributed by atoms with van der Waals surface area (Å²) >= 11 is 0. The Kier molecular flexibility index (Phi) is 6.30. The van der Waals surface area contributed by atoms with Crippen LogP contribution in [0.2, 0.25) is 0 Å². The first-order chi connectivity index (χ1) is 13.1. The first kappa shape index (κ1) is 18.8. The van der Waals surface area contributed by atoms with Gasteiger partial charge in [-0.05, 0) is 49.1 Å². The van der Waals surface area contributed by atoms with Gasteiger partial charge in [-0.1, -0.05) is 30.3 Å². The molecule has 1 aliphatic carbocycles. The van der Waals surface area contributed by atoms with Crippen molar-refractivity contribution in [2.45, 2.75) is 31.9 Å². The van der Waals surface area contributed by atoms with E-state index in [9.17, 15) is 9.59 Å². The molecule has 0 spiro atoms. The van der Waals surface area contributed by atoms with Crippen LogP contribution >= 0.6 is 0 Å². The van der Waals surface area contributed by atoms with Gasteiger partial charge in [0.15, 0.2) is 6.61 Å². The number of hydrogen-bond donors (Lipinski definition) is 2. The maximum absolute atomic E-state index is 12.0. The van der Waals surface area contributed by atoms with Crippen molar-refractivity contribution in [2.75, 3.05) is 6.61 Å². The second kappa shape index (κ2) is 9.07. The number of carboxylic acid groups (broad SMARTS) is 1. The summed E-state index contributed by atoms with van der Waals surface area (Å²) in [6, 6.07) is 16.9. The van der Waals surface area contributed by atoms with Gasteiger partial charge in [0.05, 0.1) is 5.92 Å². The quantitative estimate of drug-likeness (QED) is 0.747. The van der Waals surface area contributed by atoms with Gasteiger partial charge in [0.1, 0.15) is 18.1 Å². The Bertz CT molecular complexity index is 760. The van der Waals surface area contributed by atoms with Crippen LogP contribution in [-0.4, -0.2) is 29.6 Å². The summed E-state index contributed by atoms with van der Waals surface area (Å²) in [5.41, 5.74) is 1.09. The maximum atomic E-state index is 12.0. The number of hydrogen-bond acceptors (Lipinski definition) is 4. The minimum absolute atomic E-state index is 0.0871. The Morgan fingerprint density at radius 2 is 1.63 bits per heavy atom. The fourth-order valence-electron chi connectivity index (χ4n) is 3.13. The van der Waals surface area contributed by atoms with Crippen molar-refractivity contribution in [3.05, 3.63) is 60.2 Å². The number of benzene rings is 2. The van der Waals surface area contributed by atoms with Crippen LogP contribution < -0.4 is 14.8 Å².